The Kier molecular flexibility index (Phi) is 5.27. The quantitative estimate of drug-likeness (QED) is 0.784. The Morgan fingerprint density at radius 2 is 2.08 bits per heavy atom. The molecule has 1 amide bonds. The highest BCUT2D eigenvalue weighted by Crippen LogP contribution is 2.38. The lowest BCUT2D eigenvalue weighted by Gasteiger charge is -2.07. The van der Waals surface area contributed by atoms with Crippen molar-refractivity contribution >= 4 is 34.0 Å². The summed E-state index contributed by atoms with van der Waals surface area (Å²) < 4.78 is 0. The normalized spacial score (nSPS) is 12.9. The van der Waals surface area contributed by atoms with Gasteiger partial charge in [-0.25, -0.2) is 0 Å². The van der Waals surface area contributed by atoms with Gasteiger partial charge in [0.15, 0.2) is 0 Å². The number of benzene rings is 1. The lowest BCUT2D eigenvalue weighted by Crippen LogP contribution is -2.14. The fourth-order valence-corrected chi connectivity index (χ4v) is 5.02. The zero-order valence-electron chi connectivity index (χ0n) is 13.9. The Bertz CT molecular complexity index is 785. The number of carbonyl (C=O) groups is 1. The molecule has 124 valence electrons. The monoisotopic (exact) mass is 356 g/mol. The fourth-order valence-electron chi connectivity index (χ4n) is 2.92. The van der Waals surface area contributed by atoms with E-state index in [1.807, 2.05) is 23.9 Å². The molecule has 1 aliphatic rings. The van der Waals surface area contributed by atoms with E-state index in [1.54, 1.807) is 11.3 Å². The molecule has 0 spiro atoms. The maximum Gasteiger partial charge on any atom is 0.229 e. The average molecular weight is 357 g/mol. The van der Waals surface area contributed by atoms with E-state index in [-0.39, 0.29) is 5.91 Å². The number of thioether (sulfide) groups is 1. The van der Waals surface area contributed by atoms with Crippen LogP contribution in [0.5, 0.6) is 0 Å². The summed E-state index contributed by atoms with van der Waals surface area (Å²) in [7, 11) is 0. The first-order chi connectivity index (χ1) is 11.6. The molecule has 0 bridgehead atoms. The highest BCUT2D eigenvalue weighted by Gasteiger charge is 2.23. The molecule has 1 aliphatic carbocycles. The number of rotatable bonds is 5. The smallest absolute Gasteiger partial charge is 0.229 e. The Labute approximate surface area is 151 Å². The first kappa shape index (κ1) is 17.1. The number of fused-ring (bicyclic) bond motifs is 1. The summed E-state index contributed by atoms with van der Waals surface area (Å²) in [6, 6.07) is 10.4. The first-order valence-corrected chi connectivity index (χ1v) is 9.86. The molecule has 3 rings (SSSR count). The zero-order valence-corrected chi connectivity index (χ0v) is 15.5. The molecule has 0 saturated heterocycles. The molecule has 0 radical (unpaired) electrons. The molecule has 3 nitrogen and oxygen atoms in total. The van der Waals surface area contributed by atoms with Crippen molar-refractivity contribution in [2.24, 2.45) is 0 Å². The molecule has 0 fully saturated rings. The molecule has 1 aromatic carbocycles. The largest absolute Gasteiger partial charge is 0.316 e. The Morgan fingerprint density at radius 1 is 1.33 bits per heavy atom. The van der Waals surface area contributed by atoms with Gasteiger partial charge in [0.2, 0.25) is 5.91 Å². The maximum atomic E-state index is 12.3. The predicted octanol–water partition coefficient (Wildman–Crippen LogP) is 4.79. The zero-order chi connectivity index (χ0) is 17.1. The fraction of sp³-hybridized carbons (Fsp3) is 0.368. The van der Waals surface area contributed by atoms with Gasteiger partial charge in [-0.1, -0.05) is 26.0 Å². The van der Waals surface area contributed by atoms with Gasteiger partial charge in [0.25, 0.3) is 0 Å². The second kappa shape index (κ2) is 7.42. The maximum absolute atomic E-state index is 12.3. The van der Waals surface area contributed by atoms with Gasteiger partial charge in [-0.3, -0.25) is 4.79 Å². The summed E-state index contributed by atoms with van der Waals surface area (Å²) in [6.45, 7) is 4.33. The van der Waals surface area contributed by atoms with Crippen molar-refractivity contribution in [1.29, 1.82) is 5.26 Å². The number of amides is 1. The first-order valence-electron chi connectivity index (χ1n) is 8.17. The summed E-state index contributed by atoms with van der Waals surface area (Å²) >= 11 is 3.38. The topological polar surface area (TPSA) is 52.9 Å². The van der Waals surface area contributed by atoms with Gasteiger partial charge in [0.1, 0.15) is 11.1 Å². The van der Waals surface area contributed by atoms with Gasteiger partial charge < -0.3 is 5.32 Å². The second-order valence-electron chi connectivity index (χ2n) is 6.21. The molecular weight excluding hydrogens is 336 g/mol. The summed E-state index contributed by atoms with van der Waals surface area (Å²) in [5, 5.41) is 13.6. The number of anilines is 1. The van der Waals surface area contributed by atoms with Gasteiger partial charge in [-0.15, -0.1) is 23.1 Å². The van der Waals surface area contributed by atoms with Gasteiger partial charge in [-0.05, 0) is 42.5 Å². The lowest BCUT2D eigenvalue weighted by atomic mass is 10.1. The summed E-state index contributed by atoms with van der Waals surface area (Å²) in [5.74, 6) is -0.0595. The molecule has 1 heterocycles. The standard InChI is InChI=1S/C19H20N2OS2/c1-12(2)23-14-8-6-13(7-9-14)10-18(22)21-19-16(11-20)15-4-3-5-17(15)24-19/h6-9,12H,3-5,10H2,1-2H3,(H,21,22). The molecule has 0 saturated carbocycles. The molecule has 1 N–H and O–H groups in total. The van der Waals surface area contributed by atoms with E-state index in [9.17, 15) is 10.1 Å². The van der Waals surface area contributed by atoms with Crippen LogP contribution >= 0.6 is 23.1 Å². The Hall–Kier alpha value is -1.77. The van der Waals surface area contributed by atoms with Crippen LogP contribution in [0.15, 0.2) is 29.2 Å². The Morgan fingerprint density at radius 3 is 2.75 bits per heavy atom. The van der Waals surface area contributed by atoms with Crippen molar-refractivity contribution in [1.82, 2.24) is 0 Å². The van der Waals surface area contributed by atoms with E-state index in [2.05, 4.69) is 37.4 Å². The van der Waals surface area contributed by atoms with Crippen LogP contribution in [0.2, 0.25) is 0 Å². The van der Waals surface area contributed by atoms with Crippen LogP contribution in [0, 0.1) is 11.3 Å². The molecule has 24 heavy (non-hydrogen) atoms. The van der Waals surface area contributed by atoms with Crippen LogP contribution in [0.1, 0.15) is 41.8 Å². The molecule has 1 aromatic heterocycles. The molecule has 5 heteroatoms. The highest BCUT2D eigenvalue weighted by atomic mass is 32.2. The van der Waals surface area contributed by atoms with Crippen LogP contribution in [0.3, 0.4) is 0 Å². The number of hydrogen-bond acceptors (Lipinski definition) is 4. The molecular formula is C19H20N2OS2. The van der Waals surface area contributed by atoms with Crippen LogP contribution in [0.25, 0.3) is 0 Å². The Balaban J connectivity index is 1.65. The average Bonchev–Trinajstić information content (AvgIpc) is 3.09. The van der Waals surface area contributed by atoms with E-state index < -0.39 is 0 Å². The van der Waals surface area contributed by atoms with E-state index in [0.29, 0.717) is 17.2 Å². The third kappa shape index (κ3) is 3.82. The van der Waals surface area contributed by atoms with E-state index in [4.69, 9.17) is 0 Å². The van der Waals surface area contributed by atoms with Crippen molar-refractivity contribution in [3.05, 3.63) is 45.8 Å². The minimum atomic E-state index is -0.0595. The van der Waals surface area contributed by atoms with Crippen molar-refractivity contribution in [3.63, 3.8) is 0 Å². The number of nitriles is 1. The minimum Gasteiger partial charge on any atom is -0.316 e. The van der Waals surface area contributed by atoms with Crippen LogP contribution in [0.4, 0.5) is 5.00 Å². The number of nitrogens with zero attached hydrogens (tertiary/aromatic N) is 1. The van der Waals surface area contributed by atoms with Gasteiger partial charge >= 0.3 is 0 Å². The number of nitrogens with one attached hydrogen (secondary N) is 1. The van der Waals surface area contributed by atoms with E-state index in [1.165, 1.54) is 9.77 Å². The van der Waals surface area contributed by atoms with Crippen molar-refractivity contribution in [2.45, 2.75) is 49.7 Å². The van der Waals surface area contributed by atoms with Crippen LogP contribution in [-0.2, 0) is 24.1 Å². The molecule has 0 aliphatic heterocycles. The SMILES string of the molecule is CC(C)Sc1ccc(CC(=O)Nc2sc3c(c2C#N)CCC3)cc1. The minimum absolute atomic E-state index is 0.0595. The molecule has 0 atom stereocenters. The highest BCUT2D eigenvalue weighted by molar-refractivity contribution is 7.99. The van der Waals surface area contributed by atoms with E-state index in [0.717, 1.165) is 35.4 Å². The number of carbonyl (C=O) groups excluding carboxylic acids is 1. The van der Waals surface area contributed by atoms with Crippen LogP contribution < -0.4 is 5.32 Å². The number of thiophene rings is 1. The van der Waals surface area contributed by atoms with E-state index >= 15 is 0 Å². The predicted molar refractivity (Wildman–Crippen MR) is 101 cm³/mol. The second-order valence-corrected chi connectivity index (χ2v) is 8.96. The van der Waals surface area contributed by atoms with Crippen molar-refractivity contribution in [3.8, 4) is 6.07 Å². The molecule has 0 unspecified atom stereocenters. The van der Waals surface area contributed by atoms with Crippen LogP contribution in [-0.4, -0.2) is 11.2 Å². The lowest BCUT2D eigenvalue weighted by molar-refractivity contribution is -0.115. The molecule has 2 aromatic rings. The van der Waals surface area contributed by atoms with Crippen molar-refractivity contribution in [2.75, 3.05) is 5.32 Å². The van der Waals surface area contributed by atoms with Gasteiger partial charge in [0, 0.05) is 15.0 Å². The van der Waals surface area contributed by atoms with Gasteiger partial charge in [0.05, 0.1) is 12.0 Å². The third-order valence-electron chi connectivity index (χ3n) is 3.95. The third-order valence-corrected chi connectivity index (χ3v) is 6.17. The van der Waals surface area contributed by atoms with Gasteiger partial charge in [-0.2, -0.15) is 5.26 Å². The summed E-state index contributed by atoms with van der Waals surface area (Å²) in [6.07, 6.45) is 3.43. The van der Waals surface area contributed by atoms with Crippen molar-refractivity contribution < 1.29 is 4.79 Å². The number of aryl methyl sites for hydroxylation is 1. The summed E-state index contributed by atoms with van der Waals surface area (Å²) in [4.78, 5) is 14.8. The summed E-state index contributed by atoms with van der Waals surface area (Å²) in [5.41, 5.74) is 2.81. The number of hydrogen-bond donors (Lipinski definition) is 1.